The van der Waals surface area contributed by atoms with E-state index in [1.54, 1.807) is 22.7 Å². The Kier molecular flexibility index (Phi) is 4.51. The molecule has 0 unspecified atom stereocenters. The number of anilines is 1. The number of likely N-dealkylation sites (tertiary alicyclic amines) is 1. The van der Waals surface area contributed by atoms with Crippen molar-refractivity contribution in [3.8, 4) is 0 Å². The molecule has 3 heterocycles. The summed E-state index contributed by atoms with van der Waals surface area (Å²) in [6.07, 6.45) is 5.20. The summed E-state index contributed by atoms with van der Waals surface area (Å²) in [5.41, 5.74) is 2.20. The number of carbonyl (C=O) groups excluding carboxylic acids is 1. The number of halogens is 1. The molecule has 1 N–H and O–H groups in total. The average molecular weight is 353 g/mol. The van der Waals surface area contributed by atoms with Crippen molar-refractivity contribution >= 4 is 17.2 Å². The van der Waals surface area contributed by atoms with Crippen LogP contribution in [0.2, 0.25) is 0 Å². The fourth-order valence-corrected chi connectivity index (χ4v) is 3.37. The molecule has 134 valence electrons. The first kappa shape index (κ1) is 16.5. The molecule has 7 heteroatoms. The number of nitrogens with zero attached hydrogens (tertiary/aromatic N) is 4. The van der Waals surface area contributed by atoms with Gasteiger partial charge in [0.2, 0.25) is 5.91 Å². The van der Waals surface area contributed by atoms with E-state index in [-0.39, 0.29) is 24.2 Å². The third-order valence-corrected chi connectivity index (χ3v) is 4.81. The summed E-state index contributed by atoms with van der Waals surface area (Å²) < 4.78 is 15.5. The Hall–Kier alpha value is -2.96. The minimum Gasteiger partial charge on any atom is -0.379 e. The molecule has 4 rings (SSSR count). The van der Waals surface area contributed by atoms with Crippen molar-refractivity contribution in [1.29, 1.82) is 0 Å². The van der Waals surface area contributed by atoms with E-state index in [0.29, 0.717) is 18.7 Å². The molecule has 1 aromatic carbocycles. The van der Waals surface area contributed by atoms with E-state index in [1.165, 1.54) is 12.4 Å². The maximum Gasteiger partial charge on any atom is 0.227 e. The summed E-state index contributed by atoms with van der Waals surface area (Å²) in [6, 6.07) is 10.6. The minimum atomic E-state index is -0.321. The zero-order valence-corrected chi connectivity index (χ0v) is 14.3. The molecule has 0 bridgehead atoms. The normalized spacial score (nSPS) is 15.3. The molecule has 0 radical (unpaired) electrons. The molecule has 26 heavy (non-hydrogen) atoms. The first-order valence-electron chi connectivity index (χ1n) is 8.77. The lowest BCUT2D eigenvalue weighted by atomic mass is 10.0. The van der Waals surface area contributed by atoms with Gasteiger partial charge in [0.15, 0.2) is 5.65 Å². The smallest absolute Gasteiger partial charge is 0.227 e. The number of carbonyl (C=O) groups is 1. The van der Waals surface area contributed by atoms with Crippen LogP contribution in [0.1, 0.15) is 18.4 Å². The van der Waals surface area contributed by atoms with Gasteiger partial charge in [0, 0.05) is 25.3 Å². The predicted molar refractivity (Wildman–Crippen MR) is 96.3 cm³/mol. The van der Waals surface area contributed by atoms with Gasteiger partial charge in [-0.05, 0) is 36.6 Å². The number of piperidine rings is 1. The Morgan fingerprint density at radius 1 is 1.19 bits per heavy atom. The van der Waals surface area contributed by atoms with Crippen molar-refractivity contribution in [2.24, 2.45) is 0 Å². The van der Waals surface area contributed by atoms with Crippen molar-refractivity contribution in [3.63, 3.8) is 0 Å². The third kappa shape index (κ3) is 3.37. The van der Waals surface area contributed by atoms with Gasteiger partial charge in [-0.3, -0.25) is 4.79 Å². The maximum absolute atomic E-state index is 13.7. The zero-order valence-electron chi connectivity index (χ0n) is 14.3. The van der Waals surface area contributed by atoms with Crippen LogP contribution in [0.25, 0.3) is 5.65 Å². The van der Waals surface area contributed by atoms with Crippen LogP contribution in [0.15, 0.2) is 48.9 Å². The summed E-state index contributed by atoms with van der Waals surface area (Å²) in [7, 11) is 0. The number of nitrogens with one attached hydrogen (secondary N) is 1. The molecule has 2 aromatic heterocycles. The number of fused-ring (bicyclic) bond motifs is 1. The van der Waals surface area contributed by atoms with Crippen LogP contribution in [-0.2, 0) is 11.2 Å². The number of benzene rings is 1. The second-order valence-electron chi connectivity index (χ2n) is 6.52. The second-order valence-corrected chi connectivity index (χ2v) is 6.52. The first-order chi connectivity index (χ1) is 12.7. The van der Waals surface area contributed by atoms with Crippen LogP contribution in [0, 0.1) is 5.82 Å². The highest BCUT2D eigenvalue weighted by Gasteiger charge is 2.23. The van der Waals surface area contributed by atoms with Crippen molar-refractivity contribution in [1.82, 2.24) is 19.5 Å². The Labute approximate surface area is 150 Å². The molecule has 3 aromatic rings. The number of hydrogen-bond donors (Lipinski definition) is 1. The van der Waals surface area contributed by atoms with Crippen LogP contribution < -0.4 is 5.32 Å². The SMILES string of the molecule is O=C(Cc1ccccc1F)N1CCC(Nc2cccn3ncnc23)CC1. The van der Waals surface area contributed by atoms with Gasteiger partial charge in [-0.15, -0.1) is 0 Å². The summed E-state index contributed by atoms with van der Waals surface area (Å²) in [5, 5.41) is 7.64. The highest BCUT2D eigenvalue weighted by Crippen LogP contribution is 2.20. The Balaban J connectivity index is 1.35. The van der Waals surface area contributed by atoms with E-state index < -0.39 is 0 Å². The molecular weight excluding hydrogens is 333 g/mol. The summed E-state index contributed by atoms with van der Waals surface area (Å²) in [5.74, 6) is -0.341. The van der Waals surface area contributed by atoms with Crippen LogP contribution in [0.3, 0.4) is 0 Å². The van der Waals surface area contributed by atoms with E-state index in [9.17, 15) is 9.18 Å². The van der Waals surface area contributed by atoms with Gasteiger partial charge in [0.1, 0.15) is 12.1 Å². The monoisotopic (exact) mass is 353 g/mol. The Morgan fingerprint density at radius 2 is 2.00 bits per heavy atom. The standard InChI is InChI=1S/C19H20FN5O/c20-16-5-2-1-4-14(16)12-18(26)24-10-7-15(8-11-24)23-17-6-3-9-25-19(17)21-13-22-25/h1-6,9,13,15,23H,7-8,10-12H2. The number of hydrogen-bond acceptors (Lipinski definition) is 4. The number of pyridine rings is 1. The van der Waals surface area contributed by atoms with Gasteiger partial charge < -0.3 is 10.2 Å². The number of rotatable bonds is 4. The maximum atomic E-state index is 13.7. The van der Waals surface area contributed by atoms with E-state index in [1.807, 2.05) is 23.2 Å². The van der Waals surface area contributed by atoms with Gasteiger partial charge in [-0.1, -0.05) is 18.2 Å². The molecule has 6 nitrogen and oxygen atoms in total. The summed E-state index contributed by atoms with van der Waals surface area (Å²) in [4.78, 5) is 18.5. The lowest BCUT2D eigenvalue weighted by Crippen LogP contribution is -2.43. The number of aromatic nitrogens is 3. The van der Waals surface area contributed by atoms with Crippen molar-refractivity contribution in [2.45, 2.75) is 25.3 Å². The lowest BCUT2D eigenvalue weighted by molar-refractivity contribution is -0.131. The molecule has 1 aliphatic heterocycles. The van der Waals surface area contributed by atoms with Gasteiger partial charge in [0.25, 0.3) is 0 Å². The van der Waals surface area contributed by atoms with E-state index >= 15 is 0 Å². The van der Waals surface area contributed by atoms with Crippen LogP contribution in [-0.4, -0.2) is 44.5 Å². The molecule has 1 fully saturated rings. The van der Waals surface area contributed by atoms with Crippen LogP contribution in [0.4, 0.5) is 10.1 Å². The van der Waals surface area contributed by atoms with Crippen molar-refractivity contribution < 1.29 is 9.18 Å². The van der Waals surface area contributed by atoms with Crippen LogP contribution in [0.5, 0.6) is 0 Å². The minimum absolute atomic E-state index is 0.0203. The first-order valence-corrected chi connectivity index (χ1v) is 8.77. The second kappa shape index (κ2) is 7.11. The van der Waals surface area contributed by atoms with Crippen molar-refractivity contribution in [2.75, 3.05) is 18.4 Å². The average Bonchev–Trinajstić information content (AvgIpc) is 3.14. The number of amides is 1. The molecule has 1 aliphatic rings. The predicted octanol–water partition coefficient (Wildman–Crippen LogP) is 2.51. The quantitative estimate of drug-likeness (QED) is 0.783. The third-order valence-electron chi connectivity index (χ3n) is 4.81. The summed E-state index contributed by atoms with van der Waals surface area (Å²) in [6.45, 7) is 1.33. The van der Waals surface area contributed by atoms with Gasteiger partial charge >= 0.3 is 0 Å². The molecule has 0 atom stereocenters. The Bertz CT molecular complexity index is 917. The molecule has 1 saturated heterocycles. The fraction of sp³-hybridized carbons (Fsp3) is 0.316. The van der Waals surface area contributed by atoms with Gasteiger partial charge in [-0.25, -0.2) is 13.9 Å². The highest BCUT2D eigenvalue weighted by molar-refractivity contribution is 5.79. The lowest BCUT2D eigenvalue weighted by Gasteiger charge is -2.33. The van der Waals surface area contributed by atoms with Gasteiger partial charge in [-0.2, -0.15) is 5.10 Å². The van der Waals surface area contributed by atoms with Crippen molar-refractivity contribution in [3.05, 3.63) is 60.3 Å². The fourth-order valence-electron chi connectivity index (χ4n) is 3.37. The van der Waals surface area contributed by atoms with E-state index in [0.717, 1.165) is 24.2 Å². The molecule has 0 saturated carbocycles. The summed E-state index contributed by atoms with van der Waals surface area (Å²) >= 11 is 0. The molecule has 0 aliphatic carbocycles. The van der Waals surface area contributed by atoms with E-state index in [4.69, 9.17) is 0 Å². The Morgan fingerprint density at radius 3 is 2.81 bits per heavy atom. The van der Waals surface area contributed by atoms with Crippen LogP contribution >= 0.6 is 0 Å². The largest absolute Gasteiger partial charge is 0.379 e. The zero-order chi connectivity index (χ0) is 17.9. The van der Waals surface area contributed by atoms with E-state index in [2.05, 4.69) is 15.4 Å². The highest BCUT2D eigenvalue weighted by atomic mass is 19.1. The molecule has 0 spiro atoms. The molecule has 1 amide bonds. The topological polar surface area (TPSA) is 62.5 Å². The van der Waals surface area contributed by atoms with Gasteiger partial charge in [0.05, 0.1) is 12.1 Å². The molecular formula is C19H20FN5O.